The predicted molar refractivity (Wildman–Crippen MR) is 306 cm³/mol. The number of hydrogen-bond donors (Lipinski definition) is 2. The summed E-state index contributed by atoms with van der Waals surface area (Å²) in [6, 6.07) is 24.4. The van der Waals surface area contributed by atoms with Gasteiger partial charge in [0.15, 0.2) is 0 Å². The first-order valence-electron chi connectivity index (χ1n) is 26.1. The highest BCUT2D eigenvalue weighted by molar-refractivity contribution is 7.87. The molecule has 0 aromatic heterocycles. The molecule has 0 aliphatic carbocycles. The highest BCUT2D eigenvalue weighted by atomic mass is 32.2. The summed E-state index contributed by atoms with van der Waals surface area (Å²) in [6.07, 6.45) is -4.12. The molecule has 0 saturated heterocycles. The summed E-state index contributed by atoms with van der Waals surface area (Å²) >= 11 is 0. The number of nitrogens with one attached hydrogen (secondary N) is 2. The van der Waals surface area contributed by atoms with Crippen LogP contribution in [0.3, 0.4) is 0 Å². The third kappa shape index (κ3) is 23.9. The maximum absolute atomic E-state index is 15.5. The molecular weight excluding hydrogens is 1080 g/mol. The number of rotatable bonds is 19. The fraction of sp³-hybridized carbons (Fsp3) is 0.448. The van der Waals surface area contributed by atoms with Crippen LogP contribution in [0.4, 0.5) is 20.1 Å². The zero-order valence-electron chi connectivity index (χ0n) is 48.9. The zero-order chi connectivity index (χ0) is 60.7. The van der Waals surface area contributed by atoms with Crippen LogP contribution in [0.2, 0.25) is 25.7 Å². The molecule has 0 heterocycles. The van der Waals surface area contributed by atoms with Gasteiger partial charge < -0.3 is 38.5 Å². The number of alkyl carbamates (subject to hydrolysis) is 1. The lowest BCUT2D eigenvalue weighted by Gasteiger charge is -2.35. The molecule has 0 saturated carbocycles. The van der Waals surface area contributed by atoms with Crippen LogP contribution in [-0.2, 0) is 67.9 Å². The van der Waals surface area contributed by atoms with Crippen LogP contribution >= 0.6 is 0 Å². The Hall–Kier alpha value is -7.63. The van der Waals surface area contributed by atoms with Crippen LogP contribution in [0.1, 0.15) is 127 Å². The molecule has 0 radical (unpaired) electrons. The van der Waals surface area contributed by atoms with Gasteiger partial charge >= 0.3 is 52.4 Å². The lowest BCUT2D eigenvalue weighted by atomic mass is 10.1. The number of amides is 3. The molecule has 440 valence electrons. The van der Waals surface area contributed by atoms with Crippen LogP contribution < -0.4 is 15.4 Å². The highest BCUT2D eigenvalue weighted by Crippen LogP contribution is 2.28. The molecule has 3 amide bonds. The number of aliphatic imine (C=N–C) groups is 1. The van der Waals surface area contributed by atoms with Crippen molar-refractivity contribution in [1.29, 1.82) is 0 Å². The quantitative estimate of drug-likeness (QED) is 0.0221. The molecule has 2 N–H and O–H groups in total. The van der Waals surface area contributed by atoms with E-state index in [0.717, 1.165) is 0 Å². The summed E-state index contributed by atoms with van der Waals surface area (Å²) in [5.74, 6) is -3.88. The molecule has 0 spiro atoms. The molecule has 0 aliphatic heterocycles. The van der Waals surface area contributed by atoms with Crippen molar-refractivity contribution in [2.75, 3.05) is 11.9 Å². The van der Waals surface area contributed by atoms with Gasteiger partial charge in [0, 0.05) is 20.3 Å². The van der Waals surface area contributed by atoms with E-state index in [1.54, 1.807) is 113 Å². The van der Waals surface area contributed by atoms with Crippen molar-refractivity contribution in [3.63, 3.8) is 0 Å². The van der Waals surface area contributed by atoms with Gasteiger partial charge in [-0.3, -0.25) is 14.9 Å². The summed E-state index contributed by atoms with van der Waals surface area (Å²) in [5, 5.41) is 5.18. The lowest BCUT2D eigenvalue weighted by molar-refractivity contribution is -0.167. The lowest BCUT2D eigenvalue weighted by Crippen LogP contribution is -2.54. The van der Waals surface area contributed by atoms with Crippen LogP contribution in [-0.4, -0.2) is 108 Å². The molecule has 21 nitrogen and oxygen atoms in total. The maximum Gasteiger partial charge on any atom is 0.437 e. The van der Waals surface area contributed by atoms with Gasteiger partial charge in [0.1, 0.15) is 40.8 Å². The smallest absolute Gasteiger partial charge is 0.437 e. The second kappa shape index (κ2) is 27.7. The van der Waals surface area contributed by atoms with E-state index in [1.807, 2.05) is 0 Å². The van der Waals surface area contributed by atoms with Gasteiger partial charge in [-0.05, 0) is 154 Å². The Morgan fingerprint density at radius 2 is 1.19 bits per heavy atom. The Balaban J connectivity index is 1.73. The molecule has 0 fully saturated rings. The molecule has 0 unspecified atom stereocenters. The van der Waals surface area contributed by atoms with Gasteiger partial charge in [0.2, 0.25) is 5.96 Å². The third-order valence-electron chi connectivity index (χ3n) is 10.4. The van der Waals surface area contributed by atoms with Crippen LogP contribution in [0.15, 0.2) is 108 Å². The minimum absolute atomic E-state index is 0.0169. The summed E-state index contributed by atoms with van der Waals surface area (Å²) < 4.78 is 70.9. The van der Waals surface area contributed by atoms with Crippen molar-refractivity contribution in [2.24, 2.45) is 4.99 Å². The Labute approximate surface area is 476 Å². The zero-order valence-corrected chi connectivity index (χ0v) is 50.7. The normalized spacial score (nSPS) is 12.8. The van der Waals surface area contributed by atoms with E-state index in [1.165, 1.54) is 72.8 Å². The molecule has 0 aliphatic rings. The molecule has 23 heteroatoms. The molecule has 0 bridgehead atoms. The first-order chi connectivity index (χ1) is 37.3. The van der Waals surface area contributed by atoms with E-state index in [-0.39, 0.29) is 47.2 Å². The van der Waals surface area contributed by atoms with Gasteiger partial charge in [-0.25, -0.2) is 24.0 Å². The molecule has 4 aromatic carbocycles. The summed E-state index contributed by atoms with van der Waals surface area (Å²) in [6.45, 7) is 24.2. The van der Waals surface area contributed by atoms with Crippen LogP contribution in [0.5, 0.6) is 5.75 Å². The standard InChI is InChI=1S/C58H77N5O16SSi/c1-55(2,3)76-47(64)35-46(50(67)77-56(4,5)6)62(37-41-22-19-23-43(34-41)48(65)73-32-33-81(13,14)15)80(71,72)63(54(70)74-38-40-20-17-16-18-21-40)36-39-24-30-45(31-25-39)75-49(66)42-26-28-44(29-27-42)59-51(60-52(68)78-57(7,8)9)61-53(69)79-58(10,11)12/h16-31,34,46H,32-33,35-38H2,1-15H3,(H2,59,60,61,68,69)/t46-/m0/s1. The fourth-order valence-electron chi connectivity index (χ4n) is 6.92. The van der Waals surface area contributed by atoms with Gasteiger partial charge in [-0.1, -0.05) is 74.2 Å². The van der Waals surface area contributed by atoms with Gasteiger partial charge in [-0.2, -0.15) is 17.0 Å². The second-order valence-electron chi connectivity index (χ2n) is 23.9. The van der Waals surface area contributed by atoms with E-state index in [4.69, 9.17) is 33.2 Å². The van der Waals surface area contributed by atoms with Crippen molar-refractivity contribution < 1.29 is 75.1 Å². The summed E-state index contributed by atoms with van der Waals surface area (Å²) in [7, 11) is -6.88. The van der Waals surface area contributed by atoms with Crippen molar-refractivity contribution in [2.45, 2.75) is 163 Å². The van der Waals surface area contributed by atoms with Crippen molar-refractivity contribution in [3.8, 4) is 5.75 Å². The second-order valence-corrected chi connectivity index (χ2v) is 31.3. The minimum atomic E-state index is -5.30. The van der Waals surface area contributed by atoms with E-state index in [9.17, 15) is 33.6 Å². The van der Waals surface area contributed by atoms with Crippen molar-refractivity contribution in [3.05, 3.63) is 131 Å². The number of carbonyl (C=O) groups is 7. The van der Waals surface area contributed by atoms with Crippen LogP contribution in [0, 0.1) is 0 Å². The Morgan fingerprint density at radius 1 is 0.605 bits per heavy atom. The summed E-state index contributed by atoms with van der Waals surface area (Å²) in [4.78, 5) is 98.3. The number of ether oxygens (including phenoxy) is 7. The van der Waals surface area contributed by atoms with Gasteiger partial charge in [0.05, 0.1) is 30.7 Å². The van der Waals surface area contributed by atoms with Crippen molar-refractivity contribution in [1.82, 2.24) is 13.9 Å². The molecule has 1 atom stereocenters. The number of hydrogen-bond acceptors (Lipinski definition) is 16. The maximum atomic E-state index is 15.5. The number of carbonyl (C=O) groups excluding carboxylic acids is 7. The van der Waals surface area contributed by atoms with Gasteiger partial charge in [0.25, 0.3) is 0 Å². The minimum Gasteiger partial charge on any atom is -0.462 e. The Bertz CT molecular complexity index is 2990. The number of nitrogens with zero attached hydrogens (tertiary/aromatic N) is 3. The first-order valence-corrected chi connectivity index (χ1v) is 31.2. The van der Waals surface area contributed by atoms with E-state index >= 15 is 8.42 Å². The number of esters is 4. The number of benzene rings is 4. The SMILES string of the molecule is CC(C)(C)OC(=O)C[C@@H](C(=O)OC(C)(C)C)N(Cc1cccc(C(=O)OCC[Si](C)(C)C)c1)S(=O)(=O)N(Cc1ccc(OC(=O)c2ccc(NC(=NC(=O)OC(C)(C)C)NC(=O)OC(C)(C)C)cc2)cc1)C(=O)OCc1ccccc1. The fourth-order valence-corrected chi connectivity index (χ4v) is 9.23. The predicted octanol–water partition coefficient (Wildman–Crippen LogP) is 11.0. The highest BCUT2D eigenvalue weighted by Gasteiger charge is 2.45. The van der Waals surface area contributed by atoms with Crippen molar-refractivity contribution >= 4 is 72.1 Å². The Morgan fingerprint density at radius 3 is 1.75 bits per heavy atom. The average molecular weight is 1160 g/mol. The molecule has 81 heavy (non-hydrogen) atoms. The number of guanidine groups is 1. The molecular formula is C58H77N5O16SSi. The summed E-state index contributed by atoms with van der Waals surface area (Å²) in [5.41, 5.74) is -2.68. The molecule has 4 aromatic rings. The average Bonchev–Trinajstić information content (AvgIpc) is 3.33. The topological polar surface area (TPSA) is 261 Å². The van der Waals surface area contributed by atoms with E-state index < -0.39 is 108 Å². The first kappa shape index (κ1) is 65.9. The monoisotopic (exact) mass is 1160 g/mol. The number of anilines is 1. The van der Waals surface area contributed by atoms with Crippen LogP contribution in [0.25, 0.3) is 0 Å². The third-order valence-corrected chi connectivity index (χ3v) is 14.0. The largest absolute Gasteiger partial charge is 0.462 e. The Kier molecular flexibility index (Phi) is 22.5. The van der Waals surface area contributed by atoms with E-state index in [0.29, 0.717) is 25.9 Å². The molecule has 4 rings (SSSR count). The van der Waals surface area contributed by atoms with E-state index in [2.05, 4.69) is 35.3 Å². The van der Waals surface area contributed by atoms with Gasteiger partial charge in [-0.15, -0.1) is 4.99 Å².